The molecule has 2 aromatic carbocycles. The number of fused-ring (bicyclic) bond motifs is 2. The Morgan fingerprint density at radius 2 is 1.89 bits per heavy atom. The van der Waals surface area contributed by atoms with Gasteiger partial charge in [-0.05, 0) is 59.4 Å². The van der Waals surface area contributed by atoms with E-state index in [0.717, 1.165) is 12.8 Å². The molecule has 0 saturated heterocycles. The lowest BCUT2D eigenvalue weighted by atomic mass is 9.92. The number of hydrogen-bond donors (Lipinski definition) is 2. The Bertz CT molecular complexity index is 970. The molecule has 1 atom stereocenters. The van der Waals surface area contributed by atoms with Gasteiger partial charge in [0.15, 0.2) is 5.78 Å². The number of halogens is 2. The van der Waals surface area contributed by atoms with Crippen LogP contribution in [-0.2, 0) is 17.6 Å². The number of aliphatic hydroxyl groups excluding tert-OH is 1. The topological polar surface area (TPSA) is 60.8 Å². The first-order valence-corrected chi connectivity index (χ1v) is 10.1. The quantitative estimate of drug-likeness (QED) is 0.774. The molecule has 2 N–H and O–H groups in total. The molecule has 0 amide bonds. The predicted octanol–water partition coefficient (Wildman–Crippen LogP) is 3.89. The summed E-state index contributed by atoms with van der Waals surface area (Å²) in [6, 6.07) is 10.6. The molecule has 28 heavy (non-hydrogen) atoms. The first kappa shape index (κ1) is 19.5. The summed E-state index contributed by atoms with van der Waals surface area (Å²) in [7, 11) is 0. The van der Waals surface area contributed by atoms with E-state index in [-0.39, 0.29) is 37.1 Å². The van der Waals surface area contributed by atoms with Crippen molar-refractivity contribution in [3.63, 3.8) is 0 Å². The van der Waals surface area contributed by atoms with E-state index in [1.54, 1.807) is 12.1 Å². The van der Waals surface area contributed by atoms with Crippen molar-refractivity contribution in [1.29, 1.82) is 0 Å². The van der Waals surface area contributed by atoms with E-state index in [1.807, 2.05) is 23.1 Å². The van der Waals surface area contributed by atoms with E-state index < -0.39 is 0 Å². The number of carbonyl (C=O) groups excluding carboxylic acids is 1. The summed E-state index contributed by atoms with van der Waals surface area (Å²) in [6.45, 7) is 0.912. The summed E-state index contributed by atoms with van der Waals surface area (Å²) in [5.74, 6) is 0.0324. The van der Waals surface area contributed by atoms with Crippen molar-refractivity contribution >= 4 is 34.6 Å². The Morgan fingerprint density at radius 3 is 2.64 bits per heavy atom. The maximum atomic E-state index is 12.6. The summed E-state index contributed by atoms with van der Waals surface area (Å²) < 4.78 is 0. The van der Waals surface area contributed by atoms with Gasteiger partial charge in [-0.15, -0.1) is 0 Å². The van der Waals surface area contributed by atoms with Crippen molar-refractivity contribution in [2.75, 3.05) is 19.7 Å². The highest BCUT2D eigenvalue weighted by molar-refractivity contribution is 6.31. The summed E-state index contributed by atoms with van der Waals surface area (Å²) in [5.41, 5.74) is 5.42. The number of phenolic OH excluding ortho intramolecular Hbond substituents is 1. The molecule has 1 aliphatic heterocycles. The maximum absolute atomic E-state index is 12.6. The molecule has 2 aromatic rings. The Morgan fingerprint density at radius 1 is 1.14 bits per heavy atom. The molecular weight excluding hydrogens is 397 g/mol. The summed E-state index contributed by atoms with van der Waals surface area (Å²) in [5, 5.41) is 21.2. The van der Waals surface area contributed by atoms with Gasteiger partial charge < -0.3 is 10.2 Å². The molecule has 6 heteroatoms. The van der Waals surface area contributed by atoms with Crippen molar-refractivity contribution in [2.45, 2.75) is 25.3 Å². The summed E-state index contributed by atoms with van der Waals surface area (Å²) in [4.78, 5) is 14.7. The lowest BCUT2D eigenvalue weighted by Gasteiger charge is -2.36. The van der Waals surface area contributed by atoms with Crippen LogP contribution < -0.4 is 0 Å². The SMILES string of the molecule is O=C(Cc1ccc(Cl)cc1O)CN1CCC2=C(Cc3ccc(Cl)cc32)C1CO. The normalized spacial score (nSPS) is 18.9. The van der Waals surface area contributed by atoms with Gasteiger partial charge in [0.25, 0.3) is 0 Å². The van der Waals surface area contributed by atoms with Gasteiger partial charge in [-0.2, -0.15) is 0 Å². The van der Waals surface area contributed by atoms with Gasteiger partial charge in [0.2, 0.25) is 0 Å². The number of benzene rings is 2. The molecule has 1 heterocycles. The van der Waals surface area contributed by atoms with Crippen LogP contribution in [0.4, 0.5) is 0 Å². The number of nitrogens with zero attached hydrogens (tertiary/aromatic N) is 1. The number of ketones is 1. The van der Waals surface area contributed by atoms with E-state index in [9.17, 15) is 15.0 Å². The highest BCUT2D eigenvalue weighted by Crippen LogP contribution is 2.41. The van der Waals surface area contributed by atoms with Crippen molar-refractivity contribution < 1.29 is 15.0 Å². The molecule has 0 spiro atoms. The Kier molecular flexibility index (Phi) is 5.48. The van der Waals surface area contributed by atoms with E-state index in [4.69, 9.17) is 23.2 Å². The van der Waals surface area contributed by atoms with Gasteiger partial charge in [0.05, 0.1) is 19.2 Å². The van der Waals surface area contributed by atoms with Crippen molar-refractivity contribution in [2.24, 2.45) is 0 Å². The fourth-order valence-electron chi connectivity index (χ4n) is 4.31. The number of phenols is 1. The van der Waals surface area contributed by atoms with Crippen molar-refractivity contribution in [3.05, 3.63) is 68.7 Å². The molecule has 1 aliphatic carbocycles. The molecule has 2 aliphatic rings. The fourth-order valence-corrected chi connectivity index (χ4v) is 4.65. The zero-order valence-corrected chi connectivity index (χ0v) is 16.8. The molecular formula is C22H21Cl2NO3. The zero-order valence-electron chi connectivity index (χ0n) is 15.3. The average molecular weight is 418 g/mol. The van der Waals surface area contributed by atoms with Crippen LogP contribution in [0.25, 0.3) is 5.57 Å². The lowest BCUT2D eigenvalue weighted by Crippen LogP contribution is -2.45. The molecule has 4 nitrogen and oxygen atoms in total. The number of Topliss-reactive ketones (excluding diaryl/α,β-unsaturated/α-hetero) is 1. The van der Waals surface area contributed by atoms with Crippen LogP contribution in [-0.4, -0.2) is 46.6 Å². The zero-order chi connectivity index (χ0) is 19.8. The lowest BCUT2D eigenvalue weighted by molar-refractivity contribution is -0.120. The van der Waals surface area contributed by atoms with Crippen LogP contribution in [0.3, 0.4) is 0 Å². The second-order valence-corrected chi connectivity index (χ2v) is 8.26. The molecule has 4 rings (SSSR count). The molecule has 1 unspecified atom stereocenters. The number of carbonyl (C=O) groups is 1. The molecule has 146 valence electrons. The second kappa shape index (κ2) is 7.88. The fraction of sp³-hybridized carbons (Fsp3) is 0.318. The van der Waals surface area contributed by atoms with E-state index in [0.29, 0.717) is 22.2 Å². The molecule has 0 bridgehead atoms. The minimum atomic E-state index is -0.169. The third-order valence-corrected chi connectivity index (χ3v) is 6.12. The summed E-state index contributed by atoms with van der Waals surface area (Å²) in [6.07, 6.45) is 1.76. The highest BCUT2D eigenvalue weighted by Gasteiger charge is 2.35. The smallest absolute Gasteiger partial charge is 0.151 e. The van der Waals surface area contributed by atoms with Crippen molar-refractivity contribution in [1.82, 2.24) is 4.90 Å². The van der Waals surface area contributed by atoms with Gasteiger partial charge in [0.1, 0.15) is 5.75 Å². The minimum absolute atomic E-state index is 0.00122. The van der Waals surface area contributed by atoms with E-state index in [2.05, 4.69) is 0 Å². The predicted molar refractivity (Wildman–Crippen MR) is 111 cm³/mol. The first-order valence-electron chi connectivity index (χ1n) is 9.31. The number of rotatable bonds is 5. The van der Waals surface area contributed by atoms with Gasteiger partial charge in [-0.25, -0.2) is 0 Å². The van der Waals surface area contributed by atoms with Gasteiger partial charge in [0, 0.05) is 28.6 Å². The van der Waals surface area contributed by atoms with Crippen molar-refractivity contribution in [3.8, 4) is 5.75 Å². The molecule has 0 fully saturated rings. The third kappa shape index (κ3) is 3.70. The van der Waals surface area contributed by atoms with Crippen LogP contribution in [0.15, 0.2) is 42.0 Å². The van der Waals surface area contributed by atoms with Gasteiger partial charge >= 0.3 is 0 Å². The number of hydrogen-bond acceptors (Lipinski definition) is 4. The maximum Gasteiger partial charge on any atom is 0.151 e. The van der Waals surface area contributed by atoms with Gasteiger partial charge in [-0.3, -0.25) is 9.69 Å². The second-order valence-electron chi connectivity index (χ2n) is 7.39. The molecule has 0 aromatic heterocycles. The van der Waals surface area contributed by atoms with Crippen LogP contribution in [0.1, 0.15) is 23.1 Å². The van der Waals surface area contributed by atoms with Crippen LogP contribution in [0.2, 0.25) is 10.0 Å². The number of aliphatic hydroxyl groups is 1. The number of aromatic hydroxyl groups is 1. The summed E-state index contributed by atoms with van der Waals surface area (Å²) >= 11 is 12.0. The van der Waals surface area contributed by atoms with E-state index in [1.165, 1.54) is 28.3 Å². The molecule has 0 radical (unpaired) electrons. The first-order chi connectivity index (χ1) is 13.5. The third-order valence-electron chi connectivity index (χ3n) is 5.64. The van der Waals surface area contributed by atoms with Crippen LogP contribution in [0.5, 0.6) is 5.75 Å². The average Bonchev–Trinajstić information content (AvgIpc) is 3.01. The Balaban J connectivity index is 1.50. The highest BCUT2D eigenvalue weighted by atomic mass is 35.5. The minimum Gasteiger partial charge on any atom is -0.508 e. The molecule has 0 saturated carbocycles. The standard InChI is InChI=1S/C22H21Cl2NO3/c23-15-3-1-13-8-20-18(19(13)9-15)5-6-25(21(20)12-26)11-17(27)7-14-2-4-16(24)10-22(14)28/h1-4,9-10,21,26,28H,5-8,11-12H2. The van der Waals surface area contributed by atoms with Crippen LogP contribution >= 0.6 is 23.2 Å². The van der Waals surface area contributed by atoms with Crippen LogP contribution in [0, 0.1) is 0 Å². The van der Waals surface area contributed by atoms with Gasteiger partial charge in [-0.1, -0.05) is 35.3 Å². The largest absolute Gasteiger partial charge is 0.508 e. The Hall–Kier alpha value is -1.85. The van der Waals surface area contributed by atoms with E-state index >= 15 is 0 Å². The monoisotopic (exact) mass is 417 g/mol. The Labute approximate surface area is 174 Å².